The van der Waals surface area contributed by atoms with Crippen LogP contribution < -0.4 is 10.5 Å². The lowest BCUT2D eigenvalue weighted by atomic mass is 9.90. The summed E-state index contributed by atoms with van der Waals surface area (Å²) in [7, 11) is 0. The van der Waals surface area contributed by atoms with Crippen LogP contribution in [0, 0.1) is 18.3 Å². The van der Waals surface area contributed by atoms with Crippen molar-refractivity contribution in [2.24, 2.45) is 11.7 Å². The van der Waals surface area contributed by atoms with E-state index in [1.54, 1.807) is 6.07 Å². The SMILES string of the molecule is Cc1ccc(C(=N)N)c(OCC2CCCCC2)n1. The highest BCUT2D eigenvalue weighted by Crippen LogP contribution is 2.25. The second-order valence-electron chi connectivity index (χ2n) is 5.03. The summed E-state index contributed by atoms with van der Waals surface area (Å²) in [5, 5.41) is 7.53. The summed E-state index contributed by atoms with van der Waals surface area (Å²) in [5.74, 6) is 1.15. The molecule has 98 valence electrons. The van der Waals surface area contributed by atoms with E-state index in [1.165, 1.54) is 32.1 Å². The van der Waals surface area contributed by atoms with Crippen molar-refractivity contribution >= 4 is 5.84 Å². The van der Waals surface area contributed by atoms with Gasteiger partial charge >= 0.3 is 0 Å². The number of hydrogen-bond acceptors (Lipinski definition) is 3. The standard InChI is InChI=1S/C14H21N3O/c1-10-7-8-12(13(15)16)14(17-10)18-9-11-5-3-2-4-6-11/h7-8,11H,2-6,9H2,1H3,(H3,15,16). The molecule has 1 aliphatic rings. The van der Waals surface area contributed by atoms with Gasteiger partial charge in [-0.1, -0.05) is 19.3 Å². The van der Waals surface area contributed by atoms with Crippen LogP contribution in [-0.2, 0) is 0 Å². The predicted octanol–water partition coefficient (Wildman–Crippen LogP) is 2.63. The van der Waals surface area contributed by atoms with Crippen molar-refractivity contribution in [1.29, 1.82) is 5.41 Å². The van der Waals surface area contributed by atoms with Crippen LogP contribution in [0.4, 0.5) is 0 Å². The Bertz CT molecular complexity index is 425. The first-order valence-electron chi connectivity index (χ1n) is 6.61. The molecule has 0 unspecified atom stereocenters. The Kier molecular flexibility index (Phi) is 4.18. The average molecular weight is 247 g/mol. The largest absolute Gasteiger partial charge is 0.477 e. The van der Waals surface area contributed by atoms with E-state index in [-0.39, 0.29) is 5.84 Å². The van der Waals surface area contributed by atoms with Gasteiger partial charge < -0.3 is 10.5 Å². The molecule has 0 saturated heterocycles. The van der Waals surface area contributed by atoms with Crippen LogP contribution in [0.15, 0.2) is 12.1 Å². The monoisotopic (exact) mass is 247 g/mol. The van der Waals surface area contributed by atoms with Crippen molar-refractivity contribution < 1.29 is 4.74 Å². The van der Waals surface area contributed by atoms with Crippen molar-refractivity contribution in [3.8, 4) is 5.88 Å². The summed E-state index contributed by atoms with van der Waals surface area (Å²) in [4.78, 5) is 4.34. The molecule has 4 nitrogen and oxygen atoms in total. The maximum atomic E-state index is 7.53. The summed E-state index contributed by atoms with van der Waals surface area (Å²) in [6.45, 7) is 2.61. The van der Waals surface area contributed by atoms with Gasteiger partial charge in [-0.2, -0.15) is 0 Å². The number of pyridine rings is 1. The quantitative estimate of drug-likeness (QED) is 0.634. The Morgan fingerprint density at radius 2 is 2.11 bits per heavy atom. The molecule has 0 aliphatic heterocycles. The number of nitrogens with one attached hydrogen (secondary N) is 1. The molecule has 0 bridgehead atoms. The Morgan fingerprint density at radius 1 is 1.39 bits per heavy atom. The Balaban J connectivity index is 2.03. The molecule has 1 aromatic heterocycles. The number of hydrogen-bond donors (Lipinski definition) is 2. The molecule has 1 aliphatic carbocycles. The van der Waals surface area contributed by atoms with Crippen LogP contribution >= 0.6 is 0 Å². The summed E-state index contributed by atoms with van der Waals surface area (Å²) >= 11 is 0. The van der Waals surface area contributed by atoms with Crippen molar-refractivity contribution in [2.45, 2.75) is 39.0 Å². The number of nitrogen functional groups attached to an aromatic ring is 1. The number of aryl methyl sites for hydroxylation is 1. The molecule has 4 heteroatoms. The molecular weight excluding hydrogens is 226 g/mol. The van der Waals surface area contributed by atoms with E-state index in [9.17, 15) is 0 Å². The molecule has 3 N–H and O–H groups in total. The lowest BCUT2D eigenvalue weighted by Crippen LogP contribution is -2.19. The predicted molar refractivity (Wildman–Crippen MR) is 72.1 cm³/mol. The van der Waals surface area contributed by atoms with E-state index in [0.29, 0.717) is 24.0 Å². The first-order valence-corrected chi connectivity index (χ1v) is 6.61. The fourth-order valence-corrected chi connectivity index (χ4v) is 2.40. The highest BCUT2D eigenvalue weighted by atomic mass is 16.5. The molecular formula is C14H21N3O. The van der Waals surface area contributed by atoms with Gasteiger partial charge in [-0.3, -0.25) is 5.41 Å². The maximum absolute atomic E-state index is 7.53. The average Bonchev–Trinajstić information content (AvgIpc) is 2.37. The van der Waals surface area contributed by atoms with Crippen LogP contribution in [0.25, 0.3) is 0 Å². The van der Waals surface area contributed by atoms with Gasteiger partial charge in [0.05, 0.1) is 12.2 Å². The van der Waals surface area contributed by atoms with Gasteiger partial charge in [-0.25, -0.2) is 4.98 Å². The van der Waals surface area contributed by atoms with Crippen molar-refractivity contribution in [1.82, 2.24) is 4.98 Å². The molecule has 18 heavy (non-hydrogen) atoms. The van der Waals surface area contributed by atoms with Crippen molar-refractivity contribution in [2.75, 3.05) is 6.61 Å². The first kappa shape index (κ1) is 12.9. The molecule has 2 rings (SSSR count). The van der Waals surface area contributed by atoms with Crippen LogP contribution in [0.3, 0.4) is 0 Å². The number of amidine groups is 1. The van der Waals surface area contributed by atoms with Crippen molar-refractivity contribution in [3.05, 3.63) is 23.4 Å². The van der Waals surface area contributed by atoms with Crippen LogP contribution in [0.5, 0.6) is 5.88 Å². The van der Waals surface area contributed by atoms with E-state index in [1.807, 2.05) is 13.0 Å². The third kappa shape index (κ3) is 3.22. The number of rotatable bonds is 4. The zero-order chi connectivity index (χ0) is 13.0. The molecule has 0 radical (unpaired) electrons. The summed E-state index contributed by atoms with van der Waals surface area (Å²) in [6.07, 6.45) is 6.42. The summed E-state index contributed by atoms with van der Waals surface area (Å²) in [6, 6.07) is 3.66. The van der Waals surface area contributed by atoms with E-state index in [2.05, 4.69) is 4.98 Å². The Labute approximate surface area is 108 Å². The van der Waals surface area contributed by atoms with Gasteiger partial charge in [-0.15, -0.1) is 0 Å². The molecule has 1 fully saturated rings. The topological polar surface area (TPSA) is 72.0 Å². The lowest BCUT2D eigenvalue weighted by molar-refractivity contribution is 0.202. The van der Waals surface area contributed by atoms with Gasteiger partial charge in [0, 0.05) is 5.69 Å². The first-order chi connectivity index (χ1) is 8.66. The molecule has 0 aromatic carbocycles. The highest BCUT2D eigenvalue weighted by molar-refractivity contribution is 5.97. The summed E-state index contributed by atoms with van der Waals surface area (Å²) < 4.78 is 5.79. The number of nitrogens with two attached hydrogens (primary N) is 1. The van der Waals surface area contributed by atoms with E-state index in [4.69, 9.17) is 15.9 Å². The molecule has 0 spiro atoms. The second-order valence-corrected chi connectivity index (χ2v) is 5.03. The van der Waals surface area contributed by atoms with Crippen molar-refractivity contribution in [3.63, 3.8) is 0 Å². The normalized spacial score (nSPS) is 16.5. The number of aromatic nitrogens is 1. The molecule has 1 saturated carbocycles. The third-order valence-electron chi connectivity index (χ3n) is 3.47. The second kappa shape index (κ2) is 5.85. The van der Waals surface area contributed by atoms with Gasteiger partial charge in [0.25, 0.3) is 0 Å². The minimum absolute atomic E-state index is 0.0149. The molecule has 0 amide bonds. The van der Waals surface area contributed by atoms with Crippen LogP contribution in [0.2, 0.25) is 0 Å². The van der Waals surface area contributed by atoms with Gasteiger partial charge in [0.2, 0.25) is 5.88 Å². The fourth-order valence-electron chi connectivity index (χ4n) is 2.40. The lowest BCUT2D eigenvalue weighted by Gasteiger charge is -2.22. The number of ether oxygens (including phenoxy) is 1. The van der Waals surface area contributed by atoms with E-state index >= 15 is 0 Å². The van der Waals surface area contributed by atoms with E-state index in [0.717, 1.165) is 5.69 Å². The van der Waals surface area contributed by atoms with E-state index < -0.39 is 0 Å². The fraction of sp³-hybridized carbons (Fsp3) is 0.571. The third-order valence-corrected chi connectivity index (χ3v) is 3.47. The Hall–Kier alpha value is -1.58. The zero-order valence-electron chi connectivity index (χ0n) is 10.9. The number of nitrogens with zero attached hydrogens (tertiary/aromatic N) is 1. The van der Waals surface area contributed by atoms with Gasteiger partial charge in [0.1, 0.15) is 5.84 Å². The molecule has 1 heterocycles. The van der Waals surface area contributed by atoms with Gasteiger partial charge in [-0.05, 0) is 37.8 Å². The smallest absolute Gasteiger partial charge is 0.224 e. The highest BCUT2D eigenvalue weighted by Gasteiger charge is 2.16. The zero-order valence-corrected chi connectivity index (χ0v) is 10.9. The maximum Gasteiger partial charge on any atom is 0.224 e. The van der Waals surface area contributed by atoms with Gasteiger partial charge in [0.15, 0.2) is 0 Å². The molecule has 0 atom stereocenters. The molecule has 1 aromatic rings. The summed E-state index contributed by atoms with van der Waals surface area (Å²) in [5.41, 5.74) is 7.02. The minimum atomic E-state index is 0.0149. The van der Waals surface area contributed by atoms with Crippen LogP contribution in [0.1, 0.15) is 43.4 Å². The Morgan fingerprint density at radius 3 is 2.78 bits per heavy atom. The van der Waals surface area contributed by atoms with Crippen LogP contribution in [-0.4, -0.2) is 17.4 Å². The minimum Gasteiger partial charge on any atom is -0.477 e.